The largest absolute Gasteiger partial charge is 0.355 e. The van der Waals surface area contributed by atoms with Gasteiger partial charge in [-0.05, 0) is 49.1 Å². The van der Waals surface area contributed by atoms with Gasteiger partial charge in [0.05, 0.1) is 22.4 Å². The second-order valence-electron chi connectivity index (χ2n) is 6.26. The van der Waals surface area contributed by atoms with E-state index in [1.807, 2.05) is 26.0 Å². The van der Waals surface area contributed by atoms with Gasteiger partial charge in [0.15, 0.2) is 0 Å². The van der Waals surface area contributed by atoms with Gasteiger partial charge in [-0.1, -0.05) is 24.3 Å². The zero-order chi connectivity index (χ0) is 19.0. The summed E-state index contributed by atoms with van der Waals surface area (Å²) in [4.78, 5) is 39.6. The van der Waals surface area contributed by atoms with E-state index in [1.165, 1.54) is 11.9 Å². The highest BCUT2D eigenvalue weighted by Gasteiger charge is 2.40. The third kappa shape index (κ3) is 2.52. The first-order valence-electron chi connectivity index (χ1n) is 8.36. The van der Waals surface area contributed by atoms with Crippen LogP contribution in [-0.4, -0.2) is 24.8 Å². The Morgan fingerprint density at radius 1 is 1.15 bits per heavy atom. The van der Waals surface area contributed by atoms with Gasteiger partial charge < -0.3 is 5.32 Å². The summed E-state index contributed by atoms with van der Waals surface area (Å²) in [5.74, 6) is -1.27. The molecule has 2 aromatic rings. The molecule has 0 fully saturated rings. The summed E-state index contributed by atoms with van der Waals surface area (Å²) in [6, 6.07) is 8.63. The molecule has 1 N–H and O–H groups in total. The standard InChI is InChI=1S/C21H20N2O3/c1-5-7-14-11-10-12(2)13(3)18(14)23-20(25)16-9-6-8-15(19(24)22-4)17(16)21(23)26/h5-6,8-11H,1,7H2,2-4H3,(H,22,24). The predicted molar refractivity (Wildman–Crippen MR) is 101 cm³/mol. The smallest absolute Gasteiger partial charge is 0.266 e. The van der Waals surface area contributed by atoms with Crippen LogP contribution in [-0.2, 0) is 6.42 Å². The second kappa shape index (κ2) is 6.59. The van der Waals surface area contributed by atoms with Crippen molar-refractivity contribution >= 4 is 23.4 Å². The topological polar surface area (TPSA) is 66.5 Å². The molecule has 5 nitrogen and oxygen atoms in total. The molecule has 0 atom stereocenters. The van der Waals surface area contributed by atoms with Crippen molar-refractivity contribution in [1.29, 1.82) is 0 Å². The Morgan fingerprint density at radius 2 is 1.88 bits per heavy atom. The number of hydrogen-bond acceptors (Lipinski definition) is 3. The molecule has 3 amide bonds. The molecule has 0 saturated carbocycles. The molecule has 0 unspecified atom stereocenters. The van der Waals surface area contributed by atoms with Gasteiger partial charge in [0, 0.05) is 7.05 Å². The van der Waals surface area contributed by atoms with Crippen LogP contribution in [0.2, 0.25) is 0 Å². The van der Waals surface area contributed by atoms with E-state index in [-0.39, 0.29) is 16.7 Å². The zero-order valence-electron chi connectivity index (χ0n) is 15.1. The van der Waals surface area contributed by atoms with E-state index in [0.717, 1.165) is 16.7 Å². The highest BCUT2D eigenvalue weighted by molar-refractivity contribution is 6.36. The van der Waals surface area contributed by atoms with Crippen LogP contribution >= 0.6 is 0 Å². The van der Waals surface area contributed by atoms with Crippen molar-refractivity contribution in [3.63, 3.8) is 0 Å². The summed E-state index contributed by atoms with van der Waals surface area (Å²) in [5.41, 5.74) is 3.89. The second-order valence-corrected chi connectivity index (χ2v) is 6.26. The third-order valence-electron chi connectivity index (χ3n) is 4.76. The summed E-state index contributed by atoms with van der Waals surface area (Å²) < 4.78 is 0. The van der Waals surface area contributed by atoms with Crippen molar-refractivity contribution in [3.05, 3.63) is 76.4 Å². The molecule has 1 aliphatic rings. The minimum atomic E-state index is -0.469. The highest BCUT2D eigenvalue weighted by Crippen LogP contribution is 2.36. The third-order valence-corrected chi connectivity index (χ3v) is 4.76. The van der Waals surface area contributed by atoms with Gasteiger partial charge in [-0.2, -0.15) is 0 Å². The van der Waals surface area contributed by atoms with Crippen molar-refractivity contribution in [2.75, 3.05) is 11.9 Å². The molecule has 1 aliphatic heterocycles. The maximum absolute atomic E-state index is 13.2. The number of benzene rings is 2. The summed E-state index contributed by atoms with van der Waals surface area (Å²) in [6.45, 7) is 7.58. The molecule has 0 spiro atoms. The quantitative estimate of drug-likeness (QED) is 0.682. The SMILES string of the molecule is C=CCc1ccc(C)c(C)c1N1C(=O)c2cccc(C(=O)NC)c2C1=O. The lowest BCUT2D eigenvalue weighted by Gasteiger charge is -2.22. The van der Waals surface area contributed by atoms with Crippen LogP contribution < -0.4 is 10.2 Å². The lowest BCUT2D eigenvalue weighted by atomic mass is 9.99. The zero-order valence-corrected chi connectivity index (χ0v) is 15.1. The Hall–Kier alpha value is -3.21. The number of hydrogen-bond donors (Lipinski definition) is 1. The molecule has 5 heteroatoms. The van der Waals surface area contributed by atoms with Crippen LogP contribution in [0.1, 0.15) is 47.8 Å². The minimum Gasteiger partial charge on any atom is -0.355 e. The molecule has 2 aromatic carbocycles. The fourth-order valence-corrected chi connectivity index (χ4v) is 3.30. The predicted octanol–water partition coefficient (Wildman–Crippen LogP) is 3.19. The molecular weight excluding hydrogens is 328 g/mol. The molecule has 132 valence electrons. The van der Waals surface area contributed by atoms with Crippen molar-refractivity contribution in [3.8, 4) is 0 Å². The Morgan fingerprint density at radius 3 is 2.54 bits per heavy atom. The number of nitrogens with zero attached hydrogens (tertiary/aromatic N) is 1. The highest BCUT2D eigenvalue weighted by atomic mass is 16.2. The first kappa shape index (κ1) is 17.6. The number of amides is 3. The summed E-state index contributed by atoms with van der Waals surface area (Å²) in [7, 11) is 1.49. The number of nitrogens with one attached hydrogen (secondary N) is 1. The van der Waals surface area contributed by atoms with Gasteiger partial charge in [-0.15, -0.1) is 6.58 Å². The Balaban J connectivity index is 2.23. The van der Waals surface area contributed by atoms with Gasteiger partial charge in [0.2, 0.25) is 0 Å². The molecule has 0 aromatic heterocycles. The molecular formula is C21H20N2O3. The molecule has 26 heavy (non-hydrogen) atoms. The fourth-order valence-electron chi connectivity index (χ4n) is 3.30. The Bertz CT molecular complexity index is 960. The van der Waals surface area contributed by atoms with E-state index in [9.17, 15) is 14.4 Å². The van der Waals surface area contributed by atoms with Crippen molar-refractivity contribution in [2.45, 2.75) is 20.3 Å². The number of allylic oxidation sites excluding steroid dienone is 1. The molecule has 0 bridgehead atoms. The number of carbonyl (C=O) groups excluding carboxylic acids is 3. The number of rotatable bonds is 4. The van der Waals surface area contributed by atoms with E-state index in [2.05, 4.69) is 11.9 Å². The number of aryl methyl sites for hydroxylation is 1. The fraction of sp³-hybridized carbons (Fsp3) is 0.190. The molecule has 0 aliphatic carbocycles. The van der Waals surface area contributed by atoms with Gasteiger partial charge in [0.25, 0.3) is 17.7 Å². The van der Waals surface area contributed by atoms with Gasteiger partial charge in [0.1, 0.15) is 0 Å². The normalized spacial score (nSPS) is 13.0. The van der Waals surface area contributed by atoms with Crippen molar-refractivity contribution in [1.82, 2.24) is 5.32 Å². The molecule has 1 heterocycles. The maximum atomic E-state index is 13.2. The maximum Gasteiger partial charge on any atom is 0.266 e. The van der Waals surface area contributed by atoms with Crippen molar-refractivity contribution in [2.24, 2.45) is 0 Å². The lowest BCUT2D eigenvalue weighted by Crippen LogP contribution is -2.32. The van der Waals surface area contributed by atoms with E-state index < -0.39 is 17.7 Å². The number of fused-ring (bicyclic) bond motifs is 1. The summed E-state index contributed by atoms with van der Waals surface area (Å²) in [5, 5.41) is 2.52. The van der Waals surface area contributed by atoms with Crippen LogP contribution in [0.5, 0.6) is 0 Å². The Kier molecular flexibility index (Phi) is 4.47. The summed E-state index contributed by atoms with van der Waals surface area (Å²) >= 11 is 0. The van der Waals surface area contributed by atoms with E-state index in [0.29, 0.717) is 12.1 Å². The van der Waals surface area contributed by atoms with Gasteiger partial charge in [-0.3, -0.25) is 14.4 Å². The van der Waals surface area contributed by atoms with E-state index >= 15 is 0 Å². The minimum absolute atomic E-state index is 0.155. The monoisotopic (exact) mass is 348 g/mol. The molecule has 3 rings (SSSR count). The number of imide groups is 1. The van der Waals surface area contributed by atoms with Gasteiger partial charge in [-0.25, -0.2) is 4.90 Å². The van der Waals surface area contributed by atoms with E-state index in [1.54, 1.807) is 24.3 Å². The van der Waals surface area contributed by atoms with Crippen LogP contribution in [0.15, 0.2) is 43.0 Å². The lowest BCUT2D eigenvalue weighted by molar-refractivity contribution is 0.0912. The first-order chi connectivity index (χ1) is 12.4. The van der Waals surface area contributed by atoms with Crippen molar-refractivity contribution < 1.29 is 14.4 Å². The van der Waals surface area contributed by atoms with Crippen LogP contribution in [0.4, 0.5) is 5.69 Å². The number of anilines is 1. The van der Waals surface area contributed by atoms with E-state index in [4.69, 9.17) is 0 Å². The van der Waals surface area contributed by atoms with Crippen LogP contribution in [0, 0.1) is 13.8 Å². The average molecular weight is 348 g/mol. The average Bonchev–Trinajstić information content (AvgIpc) is 2.89. The Labute approximate surface area is 152 Å². The first-order valence-corrected chi connectivity index (χ1v) is 8.36. The van der Waals surface area contributed by atoms with Crippen LogP contribution in [0.3, 0.4) is 0 Å². The van der Waals surface area contributed by atoms with Gasteiger partial charge >= 0.3 is 0 Å². The van der Waals surface area contributed by atoms with Crippen LogP contribution in [0.25, 0.3) is 0 Å². The molecule has 0 saturated heterocycles. The molecule has 0 radical (unpaired) electrons. The number of carbonyl (C=O) groups is 3. The summed E-state index contributed by atoms with van der Waals surface area (Å²) in [6.07, 6.45) is 2.27.